The first-order valence-electron chi connectivity index (χ1n) is 9.70. The largest absolute Gasteiger partial charge is 0.381 e. The summed E-state index contributed by atoms with van der Waals surface area (Å²) in [7, 11) is 0. The van der Waals surface area contributed by atoms with Gasteiger partial charge in [-0.2, -0.15) is 0 Å². The number of carbonyl (C=O) groups is 1. The molecule has 140 valence electrons. The number of likely N-dealkylation sites (tertiary alicyclic amines) is 1. The minimum atomic E-state index is 0.125. The van der Waals surface area contributed by atoms with E-state index in [4.69, 9.17) is 9.47 Å². The number of hydrogen-bond donors (Lipinski definition) is 1. The molecule has 1 amide bonds. The normalized spacial score (nSPS) is 21.6. The zero-order chi connectivity index (χ0) is 18.1. The summed E-state index contributed by atoms with van der Waals surface area (Å²) >= 11 is 0. The van der Waals surface area contributed by atoms with Crippen molar-refractivity contribution >= 4 is 16.8 Å². The molecule has 1 aromatic heterocycles. The zero-order valence-corrected chi connectivity index (χ0v) is 15.7. The Hall–Kier alpha value is -1.85. The number of fused-ring (bicyclic) bond motifs is 1. The van der Waals surface area contributed by atoms with E-state index in [9.17, 15) is 4.79 Å². The Kier molecular flexibility index (Phi) is 5.00. The number of rotatable bonds is 4. The third-order valence-electron chi connectivity index (χ3n) is 5.89. The van der Waals surface area contributed by atoms with Gasteiger partial charge < -0.3 is 19.4 Å². The van der Waals surface area contributed by atoms with Gasteiger partial charge in [-0.05, 0) is 44.7 Å². The Morgan fingerprint density at radius 1 is 1.27 bits per heavy atom. The number of hydrogen-bond acceptors (Lipinski definition) is 3. The Labute approximate surface area is 154 Å². The monoisotopic (exact) mass is 356 g/mol. The molecule has 5 nitrogen and oxygen atoms in total. The number of H-pyrrole nitrogens is 1. The van der Waals surface area contributed by atoms with E-state index in [1.54, 1.807) is 0 Å². The van der Waals surface area contributed by atoms with Crippen LogP contribution in [0.15, 0.2) is 18.2 Å². The number of amides is 1. The van der Waals surface area contributed by atoms with Crippen molar-refractivity contribution in [2.45, 2.75) is 39.2 Å². The molecule has 1 atom stereocenters. The summed E-state index contributed by atoms with van der Waals surface area (Å²) in [5.41, 5.74) is 4.09. The van der Waals surface area contributed by atoms with Gasteiger partial charge in [0.15, 0.2) is 0 Å². The summed E-state index contributed by atoms with van der Waals surface area (Å²) in [6, 6.07) is 6.00. The molecule has 26 heavy (non-hydrogen) atoms. The highest BCUT2D eigenvalue weighted by Gasteiger charge is 2.26. The summed E-state index contributed by atoms with van der Waals surface area (Å²) in [6.45, 7) is 8.17. The fraction of sp³-hybridized carbons (Fsp3) is 0.571. The lowest BCUT2D eigenvalue weighted by atomic mass is 10.0. The summed E-state index contributed by atoms with van der Waals surface area (Å²) in [4.78, 5) is 18.4. The number of aromatic nitrogens is 1. The van der Waals surface area contributed by atoms with Gasteiger partial charge in [-0.3, -0.25) is 4.79 Å². The van der Waals surface area contributed by atoms with E-state index >= 15 is 0 Å². The van der Waals surface area contributed by atoms with Crippen molar-refractivity contribution in [1.29, 1.82) is 0 Å². The zero-order valence-electron chi connectivity index (χ0n) is 15.7. The Balaban J connectivity index is 1.38. The molecular formula is C21H28N2O3. The van der Waals surface area contributed by atoms with E-state index in [0.717, 1.165) is 74.3 Å². The van der Waals surface area contributed by atoms with Gasteiger partial charge in [0.1, 0.15) is 0 Å². The van der Waals surface area contributed by atoms with Crippen molar-refractivity contribution in [2.75, 3.05) is 32.9 Å². The molecule has 0 aliphatic carbocycles. The summed E-state index contributed by atoms with van der Waals surface area (Å²) in [5.74, 6) is 0.672. The van der Waals surface area contributed by atoms with Gasteiger partial charge in [-0.15, -0.1) is 0 Å². The summed E-state index contributed by atoms with van der Waals surface area (Å²) in [6.07, 6.45) is 3.21. The maximum absolute atomic E-state index is 13.1. The summed E-state index contributed by atoms with van der Waals surface area (Å²) < 4.78 is 11.5. The molecule has 3 heterocycles. The fourth-order valence-corrected chi connectivity index (χ4v) is 4.04. The molecule has 2 fully saturated rings. The SMILES string of the molecule is Cc1[nH]c2c(C(=O)N3CCC(OCC4CCOC4)CC3)cccc2c1C. The first kappa shape index (κ1) is 17.6. The van der Waals surface area contributed by atoms with Gasteiger partial charge in [-0.25, -0.2) is 0 Å². The number of carbonyl (C=O) groups excluding carboxylic acids is 1. The van der Waals surface area contributed by atoms with Crippen LogP contribution in [0.4, 0.5) is 0 Å². The minimum Gasteiger partial charge on any atom is -0.381 e. The van der Waals surface area contributed by atoms with Crippen LogP contribution in [0.25, 0.3) is 10.9 Å². The predicted molar refractivity (Wildman–Crippen MR) is 102 cm³/mol. The minimum absolute atomic E-state index is 0.125. The molecule has 1 unspecified atom stereocenters. The molecule has 0 saturated carbocycles. The highest BCUT2D eigenvalue weighted by atomic mass is 16.5. The Bertz CT molecular complexity index is 784. The molecule has 5 heteroatoms. The number of ether oxygens (including phenoxy) is 2. The van der Waals surface area contributed by atoms with Crippen molar-refractivity contribution in [2.24, 2.45) is 5.92 Å². The molecule has 4 rings (SSSR count). The van der Waals surface area contributed by atoms with Gasteiger partial charge in [0.2, 0.25) is 0 Å². The Morgan fingerprint density at radius 3 is 2.81 bits per heavy atom. The van der Waals surface area contributed by atoms with Gasteiger partial charge >= 0.3 is 0 Å². The third kappa shape index (κ3) is 3.38. The first-order valence-corrected chi connectivity index (χ1v) is 9.70. The van der Waals surface area contributed by atoms with Crippen molar-refractivity contribution < 1.29 is 14.3 Å². The quantitative estimate of drug-likeness (QED) is 0.913. The predicted octanol–water partition coefficient (Wildman–Crippen LogP) is 3.44. The first-order chi connectivity index (χ1) is 12.6. The van der Waals surface area contributed by atoms with E-state index in [0.29, 0.717) is 5.92 Å². The molecule has 0 spiro atoms. The second-order valence-corrected chi connectivity index (χ2v) is 7.66. The van der Waals surface area contributed by atoms with Crippen LogP contribution in [0, 0.1) is 19.8 Å². The lowest BCUT2D eigenvalue weighted by Crippen LogP contribution is -2.41. The van der Waals surface area contributed by atoms with E-state index in [-0.39, 0.29) is 12.0 Å². The average Bonchev–Trinajstić information content (AvgIpc) is 3.28. The highest BCUT2D eigenvalue weighted by molar-refractivity contribution is 6.06. The third-order valence-corrected chi connectivity index (χ3v) is 5.89. The van der Waals surface area contributed by atoms with Crippen LogP contribution in [0.2, 0.25) is 0 Å². The van der Waals surface area contributed by atoms with Crippen LogP contribution in [0.5, 0.6) is 0 Å². The van der Waals surface area contributed by atoms with Crippen molar-refractivity contribution in [1.82, 2.24) is 9.88 Å². The van der Waals surface area contributed by atoms with Crippen molar-refractivity contribution in [3.05, 3.63) is 35.0 Å². The maximum atomic E-state index is 13.1. The molecule has 2 aliphatic heterocycles. The molecule has 1 aromatic carbocycles. The van der Waals surface area contributed by atoms with Gasteiger partial charge in [-0.1, -0.05) is 12.1 Å². The average molecular weight is 356 g/mol. The molecule has 2 saturated heterocycles. The lowest BCUT2D eigenvalue weighted by Gasteiger charge is -2.32. The van der Waals surface area contributed by atoms with E-state index in [1.807, 2.05) is 17.0 Å². The number of para-hydroxylation sites is 1. The number of aromatic amines is 1. The summed E-state index contributed by atoms with van der Waals surface area (Å²) in [5, 5.41) is 1.14. The number of piperidine rings is 1. The molecule has 0 radical (unpaired) electrons. The highest BCUT2D eigenvalue weighted by Crippen LogP contribution is 2.26. The Morgan fingerprint density at radius 2 is 2.08 bits per heavy atom. The standard InChI is InChI=1S/C21H28N2O3/c1-14-15(2)22-20-18(14)4-3-5-19(20)21(24)23-9-6-17(7-10-23)26-13-16-8-11-25-12-16/h3-5,16-17,22H,6-13H2,1-2H3. The van der Waals surface area contributed by atoms with Crippen molar-refractivity contribution in [3.63, 3.8) is 0 Å². The fourth-order valence-electron chi connectivity index (χ4n) is 4.04. The van der Waals surface area contributed by atoms with Crippen LogP contribution in [0.1, 0.15) is 40.9 Å². The molecule has 1 N–H and O–H groups in total. The molecule has 0 bridgehead atoms. The van der Waals surface area contributed by atoms with E-state index in [2.05, 4.69) is 24.9 Å². The van der Waals surface area contributed by atoms with Crippen molar-refractivity contribution in [3.8, 4) is 0 Å². The number of nitrogens with zero attached hydrogens (tertiary/aromatic N) is 1. The van der Waals surface area contributed by atoms with Gasteiger partial charge in [0.25, 0.3) is 5.91 Å². The second kappa shape index (κ2) is 7.41. The second-order valence-electron chi connectivity index (χ2n) is 7.66. The van der Waals surface area contributed by atoms with Crippen LogP contribution in [0.3, 0.4) is 0 Å². The van der Waals surface area contributed by atoms with Crippen LogP contribution >= 0.6 is 0 Å². The lowest BCUT2D eigenvalue weighted by molar-refractivity contribution is -0.00790. The number of aryl methyl sites for hydroxylation is 2. The smallest absolute Gasteiger partial charge is 0.255 e. The number of benzene rings is 1. The van der Waals surface area contributed by atoms with Gasteiger partial charge in [0.05, 0.1) is 30.4 Å². The maximum Gasteiger partial charge on any atom is 0.255 e. The molecular weight excluding hydrogens is 328 g/mol. The molecule has 2 aliphatic rings. The van der Waals surface area contributed by atoms with Gasteiger partial charge in [0, 0.05) is 36.7 Å². The topological polar surface area (TPSA) is 54.6 Å². The number of nitrogens with one attached hydrogen (secondary N) is 1. The van der Waals surface area contributed by atoms with E-state index in [1.165, 1.54) is 5.56 Å². The van der Waals surface area contributed by atoms with Crippen LogP contribution in [-0.4, -0.2) is 54.8 Å². The van der Waals surface area contributed by atoms with E-state index < -0.39 is 0 Å². The van der Waals surface area contributed by atoms with Crippen LogP contribution in [-0.2, 0) is 9.47 Å². The van der Waals surface area contributed by atoms with Crippen LogP contribution < -0.4 is 0 Å². The molecule has 2 aromatic rings.